The third kappa shape index (κ3) is 3.12. The van der Waals surface area contributed by atoms with E-state index < -0.39 is 6.10 Å². The molecule has 1 N–H and O–H groups in total. The van der Waals surface area contributed by atoms with E-state index in [1.54, 1.807) is 6.07 Å². The minimum absolute atomic E-state index is 0.257. The van der Waals surface area contributed by atoms with Gasteiger partial charge in [-0.2, -0.15) is 0 Å². The summed E-state index contributed by atoms with van der Waals surface area (Å²) in [6.07, 6.45) is -0.168. The van der Waals surface area contributed by atoms with E-state index in [1.807, 2.05) is 13.0 Å². The topological polar surface area (TPSA) is 20.2 Å². The molecule has 1 aromatic carbocycles. The summed E-state index contributed by atoms with van der Waals surface area (Å²) in [5.74, 6) is -0.257. The summed E-state index contributed by atoms with van der Waals surface area (Å²) in [6.45, 7) is 1.84. The van der Waals surface area contributed by atoms with Crippen LogP contribution in [0.25, 0.3) is 0 Å². The molecule has 1 heterocycles. The quantitative estimate of drug-likeness (QED) is 0.836. The van der Waals surface area contributed by atoms with Crippen LogP contribution >= 0.6 is 38.9 Å². The Kier molecular flexibility index (Phi) is 4.43. The SMILES string of the molecule is Cc1cc(F)ccc1CC(O)c1cc(Br)c(Cl)s1. The van der Waals surface area contributed by atoms with Crippen LogP contribution in [0.15, 0.2) is 28.7 Å². The molecule has 0 aliphatic rings. The smallest absolute Gasteiger partial charge is 0.123 e. The molecule has 0 saturated heterocycles. The Labute approximate surface area is 122 Å². The number of halogens is 3. The van der Waals surface area contributed by atoms with Crippen molar-refractivity contribution in [3.63, 3.8) is 0 Å². The van der Waals surface area contributed by atoms with E-state index in [9.17, 15) is 9.50 Å². The van der Waals surface area contributed by atoms with E-state index in [-0.39, 0.29) is 5.82 Å². The van der Waals surface area contributed by atoms with Crippen LogP contribution in [0, 0.1) is 12.7 Å². The average Bonchev–Trinajstić information content (AvgIpc) is 2.63. The second-order valence-corrected chi connectivity index (χ2v) is 6.60. The maximum Gasteiger partial charge on any atom is 0.123 e. The maximum absolute atomic E-state index is 13.0. The van der Waals surface area contributed by atoms with E-state index in [4.69, 9.17) is 11.6 Å². The van der Waals surface area contributed by atoms with Crippen LogP contribution in [0.2, 0.25) is 4.34 Å². The van der Waals surface area contributed by atoms with Gasteiger partial charge in [0.25, 0.3) is 0 Å². The molecule has 0 fully saturated rings. The zero-order chi connectivity index (χ0) is 13.3. The van der Waals surface area contributed by atoms with Crippen molar-refractivity contribution < 1.29 is 9.50 Å². The third-order valence-electron chi connectivity index (χ3n) is 2.71. The predicted octanol–water partition coefficient (Wildman–Crippen LogP) is 4.89. The number of thiophene rings is 1. The van der Waals surface area contributed by atoms with Crippen molar-refractivity contribution in [2.75, 3.05) is 0 Å². The van der Waals surface area contributed by atoms with E-state index in [1.165, 1.54) is 23.5 Å². The summed E-state index contributed by atoms with van der Waals surface area (Å²) >= 11 is 10.6. The number of aliphatic hydroxyl groups is 1. The van der Waals surface area contributed by atoms with Crippen molar-refractivity contribution in [1.29, 1.82) is 0 Å². The first-order valence-electron chi connectivity index (χ1n) is 5.35. The highest BCUT2D eigenvalue weighted by atomic mass is 79.9. The molecular weight excluding hydrogens is 339 g/mol. The van der Waals surface area contributed by atoms with Gasteiger partial charge in [-0.15, -0.1) is 11.3 Å². The van der Waals surface area contributed by atoms with Crippen molar-refractivity contribution in [3.05, 3.63) is 54.9 Å². The Morgan fingerprint density at radius 1 is 1.44 bits per heavy atom. The highest BCUT2D eigenvalue weighted by Crippen LogP contribution is 2.36. The van der Waals surface area contributed by atoms with Crippen LogP contribution in [-0.4, -0.2) is 5.11 Å². The van der Waals surface area contributed by atoms with Gasteiger partial charge in [0.1, 0.15) is 10.2 Å². The number of aryl methyl sites for hydroxylation is 1. The summed E-state index contributed by atoms with van der Waals surface area (Å²) < 4.78 is 14.4. The van der Waals surface area contributed by atoms with Gasteiger partial charge in [-0.25, -0.2) is 4.39 Å². The lowest BCUT2D eigenvalue weighted by Crippen LogP contribution is -2.01. The first kappa shape index (κ1) is 14.0. The van der Waals surface area contributed by atoms with Crippen LogP contribution in [0.1, 0.15) is 22.1 Å². The van der Waals surface area contributed by atoms with Crippen LogP contribution in [0.4, 0.5) is 4.39 Å². The number of hydrogen-bond acceptors (Lipinski definition) is 2. The molecule has 0 spiro atoms. The maximum atomic E-state index is 13.0. The second kappa shape index (κ2) is 5.70. The summed E-state index contributed by atoms with van der Waals surface area (Å²) in [7, 11) is 0. The molecular formula is C13H11BrClFOS. The molecule has 1 aromatic heterocycles. The Hall–Kier alpha value is -0.420. The zero-order valence-electron chi connectivity index (χ0n) is 9.58. The molecule has 0 saturated carbocycles. The minimum Gasteiger partial charge on any atom is -0.387 e. The number of aliphatic hydroxyl groups excluding tert-OH is 1. The summed E-state index contributed by atoms with van der Waals surface area (Å²) in [5, 5.41) is 10.1. The molecule has 96 valence electrons. The number of rotatable bonds is 3. The molecule has 5 heteroatoms. The predicted molar refractivity (Wildman–Crippen MR) is 76.8 cm³/mol. The van der Waals surface area contributed by atoms with E-state index in [2.05, 4.69) is 15.9 Å². The highest BCUT2D eigenvalue weighted by molar-refractivity contribution is 9.10. The molecule has 1 unspecified atom stereocenters. The summed E-state index contributed by atoms with van der Waals surface area (Å²) in [4.78, 5) is 0.801. The van der Waals surface area contributed by atoms with E-state index in [0.717, 1.165) is 20.5 Å². The fraction of sp³-hybridized carbons (Fsp3) is 0.231. The fourth-order valence-corrected chi connectivity index (χ4v) is 3.45. The lowest BCUT2D eigenvalue weighted by molar-refractivity contribution is 0.182. The van der Waals surface area contributed by atoms with Gasteiger partial charge in [-0.3, -0.25) is 0 Å². The second-order valence-electron chi connectivity index (χ2n) is 4.06. The lowest BCUT2D eigenvalue weighted by atomic mass is 10.0. The molecule has 0 aliphatic carbocycles. The van der Waals surface area contributed by atoms with Crippen molar-refractivity contribution >= 4 is 38.9 Å². The van der Waals surface area contributed by atoms with Crippen molar-refractivity contribution in [1.82, 2.24) is 0 Å². The molecule has 2 rings (SSSR count). The Balaban J connectivity index is 2.18. The third-order valence-corrected chi connectivity index (χ3v) is 5.29. The van der Waals surface area contributed by atoms with E-state index >= 15 is 0 Å². The summed E-state index contributed by atoms with van der Waals surface area (Å²) in [5.41, 5.74) is 1.78. The van der Waals surface area contributed by atoms with Gasteiger partial charge in [0.05, 0.1) is 6.10 Å². The average molecular weight is 350 g/mol. The molecule has 1 nitrogen and oxygen atoms in total. The first-order chi connectivity index (χ1) is 8.47. The van der Waals surface area contributed by atoms with Gasteiger partial charge in [-0.1, -0.05) is 17.7 Å². The van der Waals surface area contributed by atoms with Gasteiger partial charge >= 0.3 is 0 Å². The van der Waals surface area contributed by atoms with Gasteiger partial charge in [0, 0.05) is 15.8 Å². The molecule has 0 amide bonds. The van der Waals surface area contributed by atoms with Gasteiger partial charge in [0.2, 0.25) is 0 Å². The van der Waals surface area contributed by atoms with Crippen LogP contribution in [-0.2, 0) is 6.42 Å². The summed E-state index contributed by atoms with van der Waals surface area (Å²) in [6, 6.07) is 6.40. The van der Waals surface area contributed by atoms with Gasteiger partial charge < -0.3 is 5.11 Å². The molecule has 0 radical (unpaired) electrons. The fourth-order valence-electron chi connectivity index (χ4n) is 1.72. The molecule has 0 bridgehead atoms. The van der Waals surface area contributed by atoms with Gasteiger partial charge in [0.15, 0.2) is 0 Å². The highest BCUT2D eigenvalue weighted by Gasteiger charge is 2.15. The van der Waals surface area contributed by atoms with Crippen molar-refractivity contribution in [3.8, 4) is 0 Å². The van der Waals surface area contributed by atoms with Crippen molar-refractivity contribution in [2.24, 2.45) is 0 Å². The normalized spacial score (nSPS) is 12.7. The zero-order valence-corrected chi connectivity index (χ0v) is 12.7. The monoisotopic (exact) mass is 348 g/mol. The van der Waals surface area contributed by atoms with Crippen LogP contribution in [0.3, 0.4) is 0 Å². The van der Waals surface area contributed by atoms with Gasteiger partial charge in [-0.05, 0) is 52.2 Å². The number of hydrogen-bond donors (Lipinski definition) is 1. The largest absolute Gasteiger partial charge is 0.387 e. The molecule has 1 atom stereocenters. The Morgan fingerprint density at radius 3 is 2.72 bits per heavy atom. The minimum atomic E-state index is -0.622. The first-order valence-corrected chi connectivity index (χ1v) is 7.34. The molecule has 0 aliphatic heterocycles. The molecule has 18 heavy (non-hydrogen) atoms. The number of benzene rings is 1. The molecule has 2 aromatic rings. The lowest BCUT2D eigenvalue weighted by Gasteiger charge is -2.10. The Bertz CT molecular complexity index is 551. The van der Waals surface area contributed by atoms with Crippen molar-refractivity contribution in [2.45, 2.75) is 19.4 Å². The van der Waals surface area contributed by atoms with Crippen LogP contribution in [0.5, 0.6) is 0 Å². The Morgan fingerprint density at radius 2 is 2.17 bits per heavy atom. The van der Waals surface area contributed by atoms with Crippen LogP contribution < -0.4 is 0 Å². The standard InChI is InChI=1S/C13H11BrClFOS/c1-7-4-9(16)3-2-8(7)5-11(17)12-6-10(14)13(15)18-12/h2-4,6,11,17H,5H2,1H3. The van der Waals surface area contributed by atoms with E-state index in [0.29, 0.717) is 10.8 Å².